The normalized spacial score (nSPS) is 34.3. The minimum Gasteiger partial charge on any atom is -0.396 e. The number of hydrogen-bond acceptors (Lipinski definition) is 5. The first kappa shape index (κ1) is 23.8. The van der Waals surface area contributed by atoms with Crippen molar-refractivity contribution in [1.82, 2.24) is 9.80 Å². The molecule has 0 radical (unpaired) electrons. The molecule has 2 fully saturated rings. The monoisotopic (exact) mass is 479 g/mol. The molecule has 1 aromatic carbocycles. The smallest absolute Gasteiger partial charge is 0.249 e. The van der Waals surface area contributed by atoms with E-state index in [1.807, 2.05) is 75.4 Å². The Hall–Kier alpha value is -2.97. The van der Waals surface area contributed by atoms with Crippen molar-refractivity contribution in [3.8, 4) is 0 Å². The SMILES string of the molecule is CC(C)N1CC=C[C@]23O[C@@]4(C)C=CCN(c5ccccc5)C(=O)[C@H]4[C@H]2C(=O)N(CCCO)C3C1=O. The lowest BCUT2D eigenvalue weighted by Crippen LogP contribution is -2.57. The maximum absolute atomic E-state index is 14.1. The molecule has 5 atom stereocenters. The number of ether oxygens (including phenoxy) is 1. The summed E-state index contributed by atoms with van der Waals surface area (Å²) >= 11 is 0. The Morgan fingerprint density at radius 2 is 1.71 bits per heavy atom. The molecule has 0 bridgehead atoms. The molecule has 1 unspecified atom stereocenters. The van der Waals surface area contributed by atoms with Gasteiger partial charge in [-0.25, -0.2) is 0 Å². The molecule has 1 N–H and O–H groups in total. The molecule has 1 aromatic rings. The van der Waals surface area contributed by atoms with E-state index in [2.05, 4.69) is 0 Å². The van der Waals surface area contributed by atoms with Crippen LogP contribution in [0.25, 0.3) is 0 Å². The van der Waals surface area contributed by atoms with Gasteiger partial charge < -0.3 is 24.5 Å². The van der Waals surface area contributed by atoms with Crippen molar-refractivity contribution in [1.29, 1.82) is 0 Å². The predicted octanol–water partition coefficient (Wildman–Crippen LogP) is 1.75. The largest absolute Gasteiger partial charge is 0.396 e. The molecular formula is C27H33N3O5. The zero-order valence-electron chi connectivity index (χ0n) is 20.5. The zero-order chi connectivity index (χ0) is 25.0. The first-order chi connectivity index (χ1) is 16.7. The van der Waals surface area contributed by atoms with Gasteiger partial charge >= 0.3 is 0 Å². The number of fused-ring (bicyclic) bond motifs is 2. The first-order valence-corrected chi connectivity index (χ1v) is 12.4. The van der Waals surface area contributed by atoms with Gasteiger partial charge in [0, 0.05) is 38.0 Å². The lowest BCUT2D eigenvalue weighted by atomic mass is 9.74. The molecule has 1 spiro atoms. The average Bonchev–Trinajstić information content (AvgIpc) is 3.09. The van der Waals surface area contributed by atoms with Crippen molar-refractivity contribution in [2.24, 2.45) is 11.8 Å². The van der Waals surface area contributed by atoms with E-state index in [4.69, 9.17) is 4.74 Å². The summed E-state index contributed by atoms with van der Waals surface area (Å²) in [4.78, 5) is 47.1. The quantitative estimate of drug-likeness (QED) is 0.650. The minimum absolute atomic E-state index is 0.0614. The highest BCUT2D eigenvalue weighted by molar-refractivity contribution is 6.04. The van der Waals surface area contributed by atoms with Crippen LogP contribution in [0, 0.1) is 11.8 Å². The summed E-state index contributed by atoms with van der Waals surface area (Å²) in [5, 5.41) is 9.49. The lowest BCUT2D eigenvalue weighted by Gasteiger charge is -2.38. The van der Waals surface area contributed by atoms with E-state index in [9.17, 15) is 19.5 Å². The lowest BCUT2D eigenvalue weighted by molar-refractivity contribution is -0.152. The topological polar surface area (TPSA) is 90.4 Å². The molecule has 186 valence electrons. The molecule has 2 saturated heterocycles. The predicted molar refractivity (Wildman–Crippen MR) is 130 cm³/mol. The fourth-order valence-electron chi connectivity index (χ4n) is 6.32. The highest BCUT2D eigenvalue weighted by Gasteiger charge is 2.74. The van der Waals surface area contributed by atoms with E-state index in [-0.39, 0.29) is 36.9 Å². The maximum atomic E-state index is 14.1. The molecular weight excluding hydrogens is 446 g/mol. The summed E-state index contributed by atoms with van der Waals surface area (Å²) in [6.07, 6.45) is 7.89. The van der Waals surface area contributed by atoms with E-state index in [0.717, 1.165) is 5.69 Å². The van der Waals surface area contributed by atoms with Gasteiger partial charge in [0.25, 0.3) is 0 Å². The fourth-order valence-corrected chi connectivity index (χ4v) is 6.32. The van der Waals surface area contributed by atoms with Crippen LogP contribution in [-0.2, 0) is 19.1 Å². The van der Waals surface area contributed by atoms with E-state index in [1.54, 1.807) is 14.7 Å². The Labute approximate surface area is 205 Å². The summed E-state index contributed by atoms with van der Waals surface area (Å²) in [6.45, 7) is 6.65. The van der Waals surface area contributed by atoms with Crippen LogP contribution in [0.4, 0.5) is 5.69 Å². The Balaban J connectivity index is 1.64. The highest BCUT2D eigenvalue weighted by Crippen LogP contribution is 2.57. The van der Waals surface area contributed by atoms with Crippen LogP contribution in [0.5, 0.6) is 0 Å². The van der Waals surface area contributed by atoms with Crippen molar-refractivity contribution < 1.29 is 24.2 Å². The number of aliphatic hydroxyl groups excluding tert-OH is 1. The molecule has 3 amide bonds. The summed E-state index contributed by atoms with van der Waals surface area (Å²) < 4.78 is 6.77. The summed E-state index contributed by atoms with van der Waals surface area (Å²) in [5.41, 5.74) is -1.54. The van der Waals surface area contributed by atoms with Gasteiger partial charge in [0.1, 0.15) is 11.6 Å². The van der Waals surface area contributed by atoms with Gasteiger partial charge in [-0.3, -0.25) is 14.4 Å². The van der Waals surface area contributed by atoms with E-state index >= 15 is 0 Å². The molecule has 0 saturated carbocycles. The van der Waals surface area contributed by atoms with Crippen molar-refractivity contribution in [3.63, 3.8) is 0 Å². The second-order valence-electron chi connectivity index (χ2n) is 10.3. The third-order valence-electron chi connectivity index (χ3n) is 7.84. The second-order valence-corrected chi connectivity index (χ2v) is 10.3. The number of carbonyl (C=O) groups excluding carboxylic acids is 3. The Kier molecular flexibility index (Phi) is 5.84. The number of likely N-dealkylation sites (tertiary alicyclic amines) is 1. The van der Waals surface area contributed by atoms with Crippen molar-refractivity contribution in [2.75, 3.05) is 31.1 Å². The Bertz CT molecular complexity index is 1090. The molecule has 4 heterocycles. The van der Waals surface area contributed by atoms with Crippen LogP contribution in [0.1, 0.15) is 27.2 Å². The number of nitrogens with zero attached hydrogens (tertiary/aromatic N) is 3. The van der Waals surface area contributed by atoms with Crippen LogP contribution >= 0.6 is 0 Å². The van der Waals surface area contributed by atoms with E-state index < -0.39 is 29.1 Å². The number of rotatable bonds is 5. The number of anilines is 1. The van der Waals surface area contributed by atoms with Gasteiger partial charge in [0.05, 0.1) is 17.4 Å². The standard InChI is InChI=1S/C27H33N3O5/c1-18(2)28-14-8-13-27-21(24(33)30(16-9-17-31)22(27)25(28)34)20-23(32)29(19-10-5-4-6-11-19)15-7-12-26(20,3)35-27/h4-8,10-13,18,20-22,31H,9,14-17H2,1-3H3/t20-,21+,22?,26+,27+/m1/s1. The number of para-hydroxylation sites is 1. The molecule has 4 aliphatic rings. The summed E-state index contributed by atoms with van der Waals surface area (Å²) in [5.74, 6) is -2.27. The highest BCUT2D eigenvalue weighted by atomic mass is 16.5. The molecule has 8 heteroatoms. The van der Waals surface area contributed by atoms with Crippen LogP contribution in [0.15, 0.2) is 54.6 Å². The summed E-state index contributed by atoms with van der Waals surface area (Å²) in [6, 6.07) is 8.46. The molecule has 8 nitrogen and oxygen atoms in total. The van der Waals surface area contributed by atoms with Crippen LogP contribution < -0.4 is 4.90 Å². The fraction of sp³-hybridized carbons (Fsp3) is 0.519. The molecule has 35 heavy (non-hydrogen) atoms. The van der Waals surface area contributed by atoms with E-state index in [0.29, 0.717) is 19.5 Å². The van der Waals surface area contributed by atoms with E-state index in [1.165, 1.54) is 0 Å². The average molecular weight is 480 g/mol. The second kappa shape index (κ2) is 8.60. The zero-order valence-corrected chi connectivity index (χ0v) is 20.5. The molecule has 0 aliphatic carbocycles. The maximum Gasteiger partial charge on any atom is 0.249 e. The number of hydrogen-bond donors (Lipinski definition) is 1. The van der Waals surface area contributed by atoms with Gasteiger partial charge in [-0.1, -0.05) is 42.5 Å². The Morgan fingerprint density at radius 1 is 1.00 bits per heavy atom. The molecule has 0 aromatic heterocycles. The number of carbonyl (C=O) groups is 3. The van der Waals surface area contributed by atoms with Crippen molar-refractivity contribution >= 4 is 23.4 Å². The third kappa shape index (κ3) is 3.45. The number of aliphatic hydroxyl groups is 1. The number of amides is 3. The van der Waals surface area contributed by atoms with Crippen LogP contribution in [-0.4, -0.2) is 82.2 Å². The molecule has 5 rings (SSSR count). The van der Waals surface area contributed by atoms with Gasteiger partial charge in [-0.05, 0) is 39.3 Å². The number of benzene rings is 1. The summed E-state index contributed by atoms with van der Waals surface area (Å²) in [7, 11) is 0. The van der Waals surface area contributed by atoms with Crippen LogP contribution in [0.2, 0.25) is 0 Å². The minimum atomic E-state index is -1.26. The Morgan fingerprint density at radius 3 is 2.40 bits per heavy atom. The van der Waals surface area contributed by atoms with Gasteiger partial charge in [0.15, 0.2) is 0 Å². The van der Waals surface area contributed by atoms with Gasteiger partial charge in [-0.15, -0.1) is 0 Å². The van der Waals surface area contributed by atoms with Crippen molar-refractivity contribution in [3.05, 3.63) is 54.6 Å². The van der Waals surface area contributed by atoms with Gasteiger partial charge in [-0.2, -0.15) is 0 Å². The first-order valence-electron chi connectivity index (χ1n) is 12.4. The van der Waals surface area contributed by atoms with Crippen LogP contribution in [0.3, 0.4) is 0 Å². The third-order valence-corrected chi connectivity index (χ3v) is 7.84. The molecule has 4 aliphatic heterocycles. The van der Waals surface area contributed by atoms with Crippen molar-refractivity contribution in [2.45, 2.75) is 50.5 Å². The van der Waals surface area contributed by atoms with Gasteiger partial charge in [0.2, 0.25) is 17.7 Å².